The van der Waals surface area contributed by atoms with Crippen molar-refractivity contribution in [3.05, 3.63) is 42.2 Å². The first-order chi connectivity index (χ1) is 9.21. The second-order valence-electron chi connectivity index (χ2n) is 4.03. The number of ether oxygens (including phenoxy) is 1. The van der Waals surface area contributed by atoms with E-state index in [2.05, 4.69) is 10.4 Å². The molecule has 2 rings (SSSR count). The van der Waals surface area contributed by atoms with E-state index in [1.54, 1.807) is 48.5 Å². The van der Waals surface area contributed by atoms with Crippen LogP contribution in [-0.4, -0.2) is 22.8 Å². The third kappa shape index (κ3) is 3.56. The van der Waals surface area contributed by atoms with Gasteiger partial charge in [-0.2, -0.15) is 5.10 Å². The molecule has 0 bridgehead atoms. The van der Waals surface area contributed by atoms with Gasteiger partial charge in [0.25, 0.3) is 0 Å². The quantitative estimate of drug-likeness (QED) is 0.840. The molecule has 2 aromatic rings. The van der Waals surface area contributed by atoms with Crippen molar-refractivity contribution in [2.75, 3.05) is 12.4 Å². The summed E-state index contributed by atoms with van der Waals surface area (Å²) in [4.78, 5) is 11.8. The molecule has 6 nitrogen and oxygen atoms in total. The lowest BCUT2D eigenvalue weighted by Crippen LogP contribution is -2.18. The van der Waals surface area contributed by atoms with Crippen molar-refractivity contribution in [1.82, 2.24) is 9.78 Å². The number of rotatable bonds is 5. The van der Waals surface area contributed by atoms with Crippen LogP contribution >= 0.6 is 0 Å². The summed E-state index contributed by atoms with van der Waals surface area (Å²) in [6, 6.07) is 7.14. The molecule has 0 saturated heterocycles. The molecular formula is C13H16N4O2. The lowest BCUT2D eigenvalue weighted by atomic mass is 10.3. The number of benzene rings is 1. The largest absolute Gasteiger partial charge is 0.497 e. The van der Waals surface area contributed by atoms with Crippen molar-refractivity contribution >= 4 is 11.6 Å². The highest BCUT2D eigenvalue weighted by Gasteiger charge is 2.05. The van der Waals surface area contributed by atoms with Gasteiger partial charge in [0.1, 0.15) is 12.3 Å². The number of hydrogen-bond donors (Lipinski definition) is 2. The molecule has 3 N–H and O–H groups in total. The number of nitrogens with two attached hydrogens (primary N) is 1. The molecule has 1 amide bonds. The number of nitrogens with one attached hydrogen (secondary N) is 1. The Kier molecular flexibility index (Phi) is 4.15. The highest BCUT2D eigenvalue weighted by Crippen LogP contribution is 2.14. The van der Waals surface area contributed by atoms with E-state index in [-0.39, 0.29) is 12.5 Å². The highest BCUT2D eigenvalue weighted by atomic mass is 16.5. The zero-order valence-corrected chi connectivity index (χ0v) is 10.7. The second kappa shape index (κ2) is 6.01. The average Bonchev–Trinajstić information content (AvgIpc) is 2.87. The Morgan fingerprint density at radius 3 is 2.74 bits per heavy atom. The van der Waals surface area contributed by atoms with E-state index in [1.807, 2.05) is 0 Å². The molecule has 19 heavy (non-hydrogen) atoms. The Hall–Kier alpha value is -2.34. The van der Waals surface area contributed by atoms with E-state index in [4.69, 9.17) is 10.5 Å². The molecular weight excluding hydrogens is 244 g/mol. The van der Waals surface area contributed by atoms with E-state index in [9.17, 15) is 4.79 Å². The first-order valence-electron chi connectivity index (χ1n) is 5.86. The fourth-order valence-corrected chi connectivity index (χ4v) is 1.62. The van der Waals surface area contributed by atoms with Crippen LogP contribution in [0.3, 0.4) is 0 Å². The van der Waals surface area contributed by atoms with Crippen molar-refractivity contribution in [1.29, 1.82) is 0 Å². The number of hydrogen-bond acceptors (Lipinski definition) is 4. The Morgan fingerprint density at radius 1 is 1.42 bits per heavy atom. The number of anilines is 1. The minimum absolute atomic E-state index is 0.142. The fourth-order valence-electron chi connectivity index (χ4n) is 1.62. The predicted octanol–water partition coefficient (Wildman–Crippen LogP) is 0.989. The Bertz CT molecular complexity index is 548. The zero-order valence-electron chi connectivity index (χ0n) is 10.7. The van der Waals surface area contributed by atoms with Crippen molar-refractivity contribution in [3.63, 3.8) is 0 Å². The van der Waals surface area contributed by atoms with Crippen molar-refractivity contribution in [3.8, 4) is 5.75 Å². The number of methoxy groups -OCH3 is 1. The Balaban J connectivity index is 1.93. The van der Waals surface area contributed by atoms with Gasteiger partial charge in [-0.3, -0.25) is 9.48 Å². The molecule has 100 valence electrons. The van der Waals surface area contributed by atoms with Gasteiger partial charge in [0.15, 0.2) is 0 Å². The molecule has 0 radical (unpaired) electrons. The molecule has 1 aromatic heterocycles. The smallest absolute Gasteiger partial charge is 0.246 e. The number of carbonyl (C=O) groups is 1. The van der Waals surface area contributed by atoms with Gasteiger partial charge < -0.3 is 15.8 Å². The minimum atomic E-state index is -0.142. The third-order valence-corrected chi connectivity index (χ3v) is 2.60. The molecule has 0 fully saturated rings. The van der Waals surface area contributed by atoms with E-state index >= 15 is 0 Å². The fraction of sp³-hybridized carbons (Fsp3) is 0.231. The van der Waals surface area contributed by atoms with Crippen LogP contribution in [0.2, 0.25) is 0 Å². The summed E-state index contributed by atoms with van der Waals surface area (Å²) in [5.41, 5.74) is 7.10. The molecule has 0 spiro atoms. The summed E-state index contributed by atoms with van der Waals surface area (Å²) >= 11 is 0. The number of nitrogens with zero attached hydrogens (tertiary/aromatic N) is 2. The van der Waals surface area contributed by atoms with Crippen LogP contribution < -0.4 is 15.8 Å². The summed E-state index contributed by atoms with van der Waals surface area (Å²) in [6.45, 7) is 0.576. The maximum absolute atomic E-state index is 11.8. The van der Waals surface area contributed by atoms with E-state index in [0.29, 0.717) is 6.54 Å². The van der Waals surface area contributed by atoms with E-state index in [0.717, 1.165) is 17.0 Å². The molecule has 1 aromatic carbocycles. The van der Waals surface area contributed by atoms with Crippen LogP contribution in [0.4, 0.5) is 5.69 Å². The highest BCUT2D eigenvalue weighted by molar-refractivity contribution is 5.90. The standard InChI is InChI=1S/C13H16N4O2/c1-19-12-4-2-11(3-5-12)16-13(18)9-17-8-10(6-14)7-15-17/h2-5,7-8H,6,9,14H2,1H3,(H,16,18). The molecule has 0 aliphatic rings. The predicted molar refractivity (Wildman–Crippen MR) is 71.7 cm³/mol. The average molecular weight is 260 g/mol. The van der Waals surface area contributed by atoms with Gasteiger partial charge in [-0.05, 0) is 24.3 Å². The van der Waals surface area contributed by atoms with E-state index in [1.165, 1.54) is 0 Å². The maximum Gasteiger partial charge on any atom is 0.246 e. The molecule has 0 aliphatic heterocycles. The van der Waals surface area contributed by atoms with Gasteiger partial charge in [-0.15, -0.1) is 0 Å². The molecule has 0 atom stereocenters. The number of carbonyl (C=O) groups excluding carboxylic acids is 1. The number of amides is 1. The van der Waals surface area contributed by atoms with Gasteiger partial charge >= 0.3 is 0 Å². The van der Waals surface area contributed by atoms with Crippen molar-refractivity contribution in [2.45, 2.75) is 13.1 Å². The summed E-state index contributed by atoms with van der Waals surface area (Å²) in [6.07, 6.45) is 3.41. The molecule has 0 unspecified atom stereocenters. The zero-order chi connectivity index (χ0) is 13.7. The Labute approximate surface area is 111 Å². The van der Waals surface area contributed by atoms with Crippen LogP contribution in [-0.2, 0) is 17.9 Å². The third-order valence-electron chi connectivity index (χ3n) is 2.60. The van der Waals surface area contributed by atoms with Crippen molar-refractivity contribution in [2.24, 2.45) is 5.73 Å². The van der Waals surface area contributed by atoms with Gasteiger partial charge in [-0.1, -0.05) is 0 Å². The van der Waals surface area contributed by atoms with Crippen LogP contribution in [0.15, 0.2) is 36.7 Å². The first kappa shape index (κ1) is 13.1. The maximum atomic E-state index is 11.8. The molecule has 0 aliphatic carbocycles. The van der Waals surface area contributed by atoms with Crippen LogP contribution in [0.5, 0.6) is 5.75 Å². The number of aromatic nitrogens is 2. The van der Waals surface area contributed by atoms with Gasteiger partial charge in [0.05, 0.1) is 13.3 Å². The normalized spacial score (nSPS) is 10.2. The lowest BCUT2D eigenvalue weighted by molar-refractivity contribution is -0.116. The summed E-state index contributed by atoms with van der Waals surface area (Å²) in [7, 11) is 1.60. The Morgan fingerprint density at radius 2 is 2.16 bits per heavy atom. The van der Waals surface area contributed by atoms with Crippen LogP contribution in [0.1, 0.15) is 5.56 Å². The first-order valence-corrected chi connectivity index (χ1v) is 5.86. The summed E-state index contributed by atoms with van der Waals surface area (Å²) < 4.78 is 6.60. The molecule has 6 heteroatoms. The van der Waals surface area contributed by atoms with Crippen LogP contribution in [0, 0.1) is 0 Å². The summed E-state index contributed by atoms with van der Waals surface area (Å²) in [5, 5.41) is 6.83. The molecule has 1 heterocycles. The topological polar surface area (TPSA) is 82.2 Å². The lowest BCUT2D eigenvalue weighted by Gasteiger charge is -2.06. The SMILES string of the molecule is COc1ccc(NC(=O)Cn2cc(CN)cn2)cc1. The van der Waals surface area contributed by atoms with Gasteiger partial charge in [0, 0.05) is 24.0 Å². The summed E-state index contributed by atoms with van der Waals surface area (Å²) in [5.74, 6) is 0.606. The minimum Gasteiger partial charge on any atom is -0.497 e. The van der Waals surface area contributed by atoms with Gasteiger partial charge in [0.2, 0.25) is 5.91 Å². The van der Waals surface area contributed by atoms with Crippen LogP contribution in [0.25, 0.3) is 0 Å². The van der Waals surface area contributed by atoms with E-state index < -0.39 is 0 Å². The monoisotopic (exact) mass is 260 g/mol. The second-order valence-corrected chi connectivity index (χ2v) is 4.03. The van der Waals surface area contributed by atoms with Gasteiger partial charge in [-0.25, -0.2) is 0 Å². The molecule has 0 saturated carbocycles. The van der Waals surface area contributed by atoms with Crippen molar-refractivity contribution < 1.29 is 9.53 Å².